The second-order valence-electron chi connectivity index (χ2n) is 7.28. The number of carbonyl (C=O) groups is 1. The summed E-state index contributed by atoms with van der Waals surface area (Å²) in [7, 11) is 0. The molecule has 0 N–H and O–H groups in total. The van der Waals surface area contributed by atoms with E-state index in [1.165, 1.54) is 16.9 Å². The molecule has 2 atom stereocenters. The third-order valence-corrected chi connectivity index (χ3v) is 6.50. The molecule has 2 fully saturated rings. The van der Waals surface area contributed by atoms with Crippen molar-refractivity contribution in [3.63, 3.8) is 0 Å². The normalized spacial score (nSPS) is 24.4. The Kier molecular flexibility index (Phi) is 4.86. The summed E-state index contributed by atoms with van der Waals surface area (Å²) < 4.78 is 0. The largest absolute Gasteiger partial charge is 0.334 e. The van der Waals surface area contributed by atoms with Gasteiger partial charge in [-0.25, -0.2) is 4.98 Å². The Morgan fingerprint density at radius 2 is 2.04 bits per heavy atom. The van der Waals surface area contributed by atoms with Crippen molar-refractivity contribution in [2.45, 2.75) is 45.3 Å². The molecule has 0 radical (unpaired) electrons. The summed E-state index contributed by atoms with van der Waals surface area (Å²) >= 11 is 1.74. The van der Waals surface area contributed by atoms with Crippen molar-refractivity contribution in [3.8, 4) is 0 Å². The number of thiazole rings is 1. The van der Waals surface area contributed by atoms with Gasteiger partial charge in [0.15, 0.2) is 0 Å². The molecule has 4 nitrogen and oxygen atoms in total. The molecule has 2 aliphatic rings. The molecule has 2 aromatic rings. The Morgan fingerprint density at radius 3 is 2.80 bits per heavy atom. The highest BCUT2D eigenvalue weighted by atomic mass is 32.1. The lowest BCUT2D eigenvalue weighted by Gasteiger charge is -2.30. The summed E-state index contributed by atoms with van der Waals surface area (Å²) in [4.78, 5) is 23.2. The number of aryl methyl sites for hydroxylation is 1. The topological polar surface area (TPSA) is 36.4 Å². The molecule has 3 heterocycles. The zero-order valence-corrected chi connectivity index (χ0v) is 15.5. The highest BCUT2D eigenvalue weighted by molar-refractivity contribution is 7.09. The van der Waals surface area contributed by atoms with E-state index in [9.17, 15) is 4.79 Å². The lowest BCUT2D eigenvalue weighted by molar-refractivity contribution is -0.133. The van der Waals surface area contributed by atoms with Gasteiger partial charge in [-0.1, -0.05) is 30.3 Å². The van der Waals surface area contributed by atoms with Crippen molar-refractivity contribution in [2.24, 2.45) is 5.92 Å². The van der Waals surface area contributed by atoms with Gasteiger partial charge in [0.25, 0.3) is 0 Å². The smallest absolute Gasteiger partial charge is 0.223 e. The number of nitrogens with zero attached hydrogens (tertiary/aromatic N) is 3. The fourth-order valence-electron chi connectivity index (χ4n) is 4.22. The first-order valence-corrected chi connectivity index (χ1v) is 10.0. The van der Waals surface area contributed by atoms with Crippen LogP contribution in [0.25, 0.3) is 0 Å². The molecular weight excluding hydrogens is 330 g/mol. The zero-order valence-electron chi connectivity index (χ0n) is 14.7. The van der Waals surface area contributed by atoms with E-state index >= 15 is 0 Å². The quantitative estimate of drug-likeness (QED) is 0.843. The molecule has 25 heavy (non-hydrogen) atoms. The summed E-state index contributed by atoms with van der Waals surface area (Å²) in [6.45, 7) is 5.89. The van der Waals surface area contributed by atoms with Gasteiger partial charge in [-0.05, 0) is 31.2 Å². The lowest BCUT2D eigenvalue weighted by atomic mass is 9.98. The second kappa shape index (κ2) is 7.26. The minimum absolute atomic E-state index is 0.326. The summed E-state index contributed by atoms with van der Waals surface area (Å²) in [5, 5.41) is 0. The van der Waals surface area contributed by atoms with Gasteiger partial charge in [0.05, 0.1) is 11.2 Å². The van der Waals surface area contributed by atoms with Crippen LogP contribution in [0.5, 0.6) is 0 Å². The molecule has 0 saturated carbocycles. The van der Waals surface area contributed by atoms with Crippen LogP contribution in [0, 0.1) is 12.8 Å². The van der Waals surface area contributed by atoms with E-state index in [4.69, 9.17) is 0 Å². The van der Waals surface area contributed by atoms with E-state index in [-0.39, 0.29) is 0 Å². The summed E-state index contributed by atoms with van der Waals surface area (Å²) in [6.07, 6.45) is 2.90. The minimum Gasteiger partial charge on any atom is -0.334 e. The van der Waals surface area contributed by atoms with Crippen molar-refractivity contribution in [1.82, 2.24) is 14.8 Å². The zero-order chi connectivity index (χ0) is 17.2. The van der Waals surface area contributed by atoms with Crippen molar-refractivity contribution in [1.29, 1.82) is 0 Å². The van der Waals surface area contributed by atoms with Crippen molar-refractivity contribution < 1.29 is 4.79 Å². The Labute approximate surface area is 153 Å². The number of amides is 1. The number of rotatable bonds is 4. The molecule has 1 amide bonds. The molecule has 2 saturated heterocycles. The van der Waals surface area contributed by atoms with E-state index in [1.54, 1.807) is 11.3 Å². The first-order chi connectivity index (χ1) is 12.2. The van der Waals surface area contributed by atoms with Gasteiger partial charge >= 0.3 is 0 Å². The molecule has 1 aromatic carbocycles. The standard InChI is InChI=1S/C20H25N3OS/c1-15-19(25-14-21-15)13-22-11-17-8-5-9-20(24)23(18(17)12-22)10-16-6-3-2-4-7-16/h2-4,6-7,14,17-18H,5,8-13H2,1H3/t17-,18+/m1/s1. The molecule has 0 unspecified atom stereocenters. The fourth-order valence-corrected chi connectivity index (χ4v) is 5.04. The van der Waals surface area contributed by atoms with Gasteiger partial charge in [0, 0.05) is 43.5 Å². The van der Waals surface area contributed by atoms with Crippen LogP contribution in [-0.2, 0) is 17.9 Å². The number of hydrogen-bond donors (Lipinski definition) is 0. The maximum absolute atomic E-state index is 12.7. The average molecular weight is 356 g/mol. The van der Waals surface area contributed by atoms with Gasteiger partial charge in [-0.3, -0.25) is 9.69 Å². The van der Waals surface area contributed by atoms with Crippen molar-refractivity contribution in [2.75, 3.05) is 13.1 Å². The molecule has 2 aliphatic heterocycles. The summed E-state index contributed by atoms with van der Waals surface area (Å²) in [5.41, 5.74) is 4.31. The molecule has 132 valence electrons. The van der Waals surface area contributed by atoms with Crippen LogP contribution >= 0.6 is 11.3 Å². The summed E-state index contributed by atoms with van der Waals surface area (Å²) in [6, 6.07) is 10.8. The van der Waals surface area contributed by atoms with Crippen LogP contribution in [0.4, 0.5) is 0 Å². The first kappa shape index (κ1) is 16.7. The van der Waals surface area contributed by atoms with E-state index in [2.05, 4.69) is 46.0 Å². The van der Waals surface area contributed by atoms with Crippen molar-refractivity contribution >= 4 is 17.2 Å². The van der Waals surface area contributed by atoms with E-state index < -0.39 is 0 Å². The molecule has 0 spiro atoms. The van der Waals surface area contributed by atoms with Crippen molar-refractivity contribution in [3.05, 3.63) is 52.0 Å². The number of aromatic nitrogens is 1. The highest BCUT2D eigenvalue weighted by Gasteiger charge is 2.40. The number of fused-ring (bicyclic) bond motifs is 1. The predicted octanol–water partition coefficient (Wildman–Crippen LogP) is 3.46. The number of benzene rings is 1. The molecule has 5 heteroatoms. The SMILES string of the molecule is Cc1ncsc1CN1C[C@H]2CCCC(=O)N(Cc3ccccc3)[C@H]2C1. The van der Waals surface area contributed by atoms with Gasteiger partial charge in [0.2, 0.25) is 5.91 Å². The minimum atomic E-state index is 0.326. The maximum atomic E-state index is 12.7. The van der Waals surface area contributed by atoms with Crippen LogP contribution in [0.2, 0.25) is 0 Å². The van der Waals surface area contributed by atoms with Gasteiger partial charge in [-0.2, -0.15) is 0 Å². The van der Waals surface area contributed by atoms with E-state index in [0.29, 0.717) is 24.3 Å². The van der Waals surface area contributed by atoms with E-state index in [1.807, 2.05) is 11.6 Å². The van der Waals surface area contributed by atoms with E-state index in [0.717, 1.165) is 38.3 Å². The van der Waals surface area contributed by atoms with Gasteiger partial charge in [-0.15, -0.1) is 11.3 Å². The Hall–Kier alpha value is -1.72. The average Bonchev–Trinajstić information content (AvgIpc) is 3.17. The monoisotopic (exact) mass is 355 g/mol. The summed E-state index contributed by atoms with van der Waals surface area (Å²) in [5.74, 6) is 0.926. The second-order valence-corrected chi connectivity index (χ2v) is 8.22. The molecule has 0 bridgehead atoms. The molecule has 4 rings (SSSR count). The third-order valence-electron chi connectivity index (χ3n) is 5.58. The van der Waals surface area contributed by atoms with Crippen LogP contribution in [0.3, 0.4) is 0 Å². The lowest BCUT2D eigenvalue weighted by Crippen LogP contribution is -2.42. The van der Waals surface area contributed by atoms with Crippen LogP contribution in [0.15, 0.2) is 35.8 Å². The van der Waals surface area contributed by atoms with Gasteiger partial charge < -0.3 is 4.90 Å². The Bertz CT molecular complexity index is 730. The number of hydrogen-bond acceptors (Lipinski definition) is 4. The molecule has 0 aliphatic carbocycles. The third kappa shape index (κ3) is 3.62. The molecule has 1 aromatic heterocycles. The number of carbonyl (C=O) groups excluding carboxylic acids is 1. The Balaban J connectivity index is 1.50. The highest BCUT2D eigenvalue weighted by Crippen LogP contribution is 2.32. The van der Waals surface area contributed by atoms with Crippen LogP contribution in [0.1, 0.15) is 35.4 Å². The predicted molar refractivity (Wildman–Crippen MR) is 100 cm³/mol. The fraction of sp³-hybridized carbons (Fsp3) is 0.500. The Morgan fingerprint density at radius 1 is 1.20 bits per heavy atom. The van der Waals surface area contributed by atoms with Gasteiger partial charge in [0.1, 0.15) is 0 Å². The van der Waals surface area contributed by atoms with Crippen LogP contribution in [-0.4, -0.2) is 39.8 Å². The maximum Gasteiger partial charge on any atom is 0.223 e. The first-order valence-electron chi connectivity index (χ1n) is 9.15. The number of likely N-dealkylation sites (tertiary alicyclic amines) is 2. The molecular formula is C20H25N3OS. The van der Waals surface area contributed by atoms with Crippen LogP contribution < -0.4 is 0 Å².